The number of benzene rings is 1. The largest absolute Gasteiger partial charge is 0.496 e. The summed E-state index contributed by atoms with van der Waals surface area (Å²) in [6.45, 7) is 0.330. The SMILES string of the molecule is COc1ccccc1CCNC(=O)CS(=O)(=O)c1ccccn1. The van der Waals surface area contributed by atoms with Crippen molar-refractivity contribution in [2.75, 3.05) is 19.4 Å². The quantitative estimate of drug-likeness (QED) is 0.823. The fourth-order valence-corrected chi connectivity index (χ4v) is 3.18. The van der Waals surface area contributed by atoms with E-state index in [0.29, 0.717) is 13.0 Å². The molecule has 0 unspecified atom stereocenters. The van der Waals surface area contributed by atoms with E-state index in [4.69, 9.17) is 4.74 Å². The number of aromatic nitrogens is 1. The molecule has 1 heterocycles. The molecule has 0 bridgehead atoms. The van der Waals surface area contributed by atoms with Crippen LogP contribution in [0, 0.1) is 0 Å². The molecule has 7 heteroatoms. The van der Waals surface area contributed by atoms with Crippen LogP contribution in [0.25, 0.3) is 0 Å². The highest BCUT2D eigenvalue weighted by molar-refractivity contribution is 7.92. The number of carbonyl (C=O) groups excluding carboxylic acids is 1. The molecular formula is C16H18N2O4S. The smallest absolute Gasteiger partial charge is 0.235 e. The lowest BCUT2D eigenvalue weighted by atomic mass is 10.1. The summed E-state index contributed by atoms with van der Waals surface area (Å²) in [6.07, 6.45) is 1.94. The topological polar surface area (TPSA) is 85.4 Å². The van der Waals surface area contributed by atoms with Crippen LogP contribution >= 0.6 is 0 Å². The van der Waals surface area contributed by atoms with Gasteiger partial charge >= 0.3 is 0 Å². The van der Waals surface area contributed by atoms with Crippen molar-refractivity contribution in [3.63, 3.8) is 0 Å². The number of rotatable bonds is 7. The van der Waals surface area contributed by atoms with Crippen molar-refractivity contribution in [1.82, 2.24) is 10.3 Å². The highest BCUT2D eigenvalue weighted by Gasteiger charge is 2.20. The zero-order chi connectivity index (χ0) is 16.7. The second-order valence-electron chi connectivity index (χ2n) is 4.84. The van der Waals surface area contributed by atoms with Gasteiger partial charge in [0.2, 0.25) is 15.7 Å². The molecule has 0 spiro atoms. The molecule has 2 rings (SSSR count). The molecule has 1 amide bonds. The van der Waals surface area contributed by atoms with Gasteiger partial charge in [0.25, 0.3) is 0 Å². The number of pyridine rings is 1. The molecule has 6 nitrogen and oxygen atoms in total. The molecule has 0 aliphatic carbocycles. The van der Waals surface area contributed by atoms with Crippen molar-refractivity contribution in [2.24, 2.45) is 0 Å². The number of amides is 1. The minimum Gasteiger partial charge on any atom is -0.496 e. The third kappa shape index (κ3) is 4.79. The van der Waals surface area contributed by atoms with E-state index in [-0.39, 0.29) is 5.03 Å². The maximum Gasteiger partial charge on any atom is 0.235 e. The summed E-state index contributed by atoms with van der Waals surface area (Å²) in [6, 6.07) is 12.0. The molecule has 0 saturated heterocycles. The summed E-state index contributed by atoms with van der Waals surface area (Å²) in [5, 5.41) is 2.51. The first-order valence-corrected chi connectivity index (χ1v) is 8.70. The van der Waals surface area contributed by atoms with Crippen LogP contribution in [0.5, 0.6) is 5.75 Å². The molecule has 0 aliphatic heterocycles. The Morgan fingerprint density at radius 3 is 2.61 bits per heavy atom. The standard InChI is InChI=1S/C16H18N2O4S/c1-22-14-7-3-2-6-13(14)9-11-17-15(19)12-23(20,21)16-8-4-5-10-18-16/h2-8,10H,9,11-12H2,1H3,(H,17,19). The Morgan fingerprint density at radius 1 is 1.17 bits per heavy atom. The first-order valence-electron chi connectivity index (χ1n) is 7.05. The molecule has 1 aromatic heterocycles. The summed E-state index contributed by atoms with van der Waals surface area (Å²) >= 11 is 0. The van der Waals surface area contributed by atoms with Crippen LogP contribution in [0.15, 0.2) is 53.7 Å². The van der Waals surface area contributed by atoms with Crippen LogP contribution in [0.4, 0.5) is 0 Å². The molecule has 0 aliphatic rings. The summed E-state index contributed by atoms with van der Waals surface area (Å²) < 4.78 is 29.3. The average Bonchev–Trinajstić information content (AvgIpc) is 2.55. The van der Waals surface area contributed by atoms with E-state index in [1.54, 1.807) is 19.2 Å². The van der Waals surface area contributed by atoms with E-state index in [1.807, 2.05) is 24.3 Å². The molecule has 1 aromatic carbocycles. The van der Waals surface area contributed by atoms with Crippen molar-refractivity contribution in [1.29, 1.82) is 0 Å². The van der Waals surface area contributed by atoms with Crippen LogP contribution in [0.2, 0.25) is 0 Å². The third-order valence-electron chi connectivity index (χ3n) is 3.19. The van der Waals surface area contributed by atoms with E-state index in [0.717, 1.165) is 11.3 Å². The fourth-order valence-electron chi connectivity index (χ4n) is 2.07. The normalized spacial score (nSPS) is 11.0. The van der Waals surface area contributed by atoms with Crippen molar-refractivity contribution in [2.45, 2.75) is 11.4 Å². The number of carbonyl (C=O) groups is 1. The Balaban J connectivity index is 1.88. The predicted molar refractivity (Wildman–Crippen MR) is 86.0 cm³/mol. The van der Waals surface area contributed by atoms with E-state index in [9.17, 15) is 13.2 Å². The number of nitrogens with one attached hydrogen (secondary N) is 1. The zero-order valence-electron chi connectivity index (χ0n) is 12.7. The van der Waals surface area contributed by atoms with Gasteiger partial charge in [0.15, 0.2) is 5.03 Å². The van der Waals surface area contributed by atoms with E-state index in [2.05, 4.69) is 10.3 Å². The predicted octanol–water partition coefficient (Wildman–Crippen LogP) is 1.22. The van der Waals surface area contributed by atoms with Crippen molar-refractivity contribution >= 4 is 15.7 Å². The summed E-state index contributed by atoms with van der Waals surface area (Å²) in [5.41, 5.74) is 0.947. The lowest BCUT2D eigenvalue weighted by molar-refractivity contribution is -0.118. The first-order chi connectivity index (χ1) is 11.0. The first kappa shape index (κ1) is 17.0. The average molecular weight is 334 g/mol. The molecule has 0 atom stereocenters. The second kappa shape index (κ2) is 7.73. The van der Waals surface area contributed by atoms with Crippen molar-refractivity contribution in [3.8, 4) is 5.75 Å². The van der Waals surface area contributed by atoms with Crippen LogP contribution in [-0.4, -0.2) is 38.7 Å². The minimum atomic E-state index is -3.72. The number of sulfone groups is 1. The number of hydrogen-bond donors (Lipinski definition) is 1. The molecular weight excluding hydrogens is 316 g/mol. The molecule has 0 fully saturated rings. The summed E-state index contributed by atoms with van der Waals surface area (Å²) in [5.74, 6) is -0.427. The van der Waals surface area contributed by atoms with E-state index < -0.39 is 21.5 Å². The third-order valence-corrected chi connectivity index (χ3v) is 4.71. The monoisotopic (exact) mass is 334 g/mol. The lowest BCUT2D eigenvalue weighted by Gasteiger charge is -2.09. The Morgan fingerprint density at radius 2 is 1.91 bits per heavy atom. The van der Waals surface area contributed by atoms with Crippen LogP contribution < -0.4 is 10.1 Å². The lowest BCUT2D eigenvalue weighted by Crippen LogP contribution is -2.32. The number of ether oxygens (including phenoxy) is 1. The zero-order valence-corrected chi connectivity index (χ0v) is 13.5. The second-order valence-corrected chi connectivity index (χ2v) is 6.78. The molecule has 0 radical (unpaired) electrons. The Labute approximate surface area is 135 Å². The van der Waals surface area contributed by atoms with Gasteiger partial charge in [0, 0.05) is 12.7 Å². The Bertz CT molecular complexity index is 761. The maximum atomic E-state index is 12.0. The van der Waals surface area contributed by atoms with Crippen LogP contribution in [0.3, 0.4) is 0 Å². The summed E-state index contributed by atoms with van der Waals surface area (Å²) in [4.78, 5) is 15.6. The Kier molecular flexibility index (Phi) is 5.70. The minimum absolute atomic E-state index is 0.0973. The molecule has 122 valence electrons. The van der Waals surface area contributed by atoms with Gasteiger partial charge in [0.05, 0.1) is 7.11 Å². The molecule has 1 N–H and O–H groups in total. The van der Waals surface area contributed by atoms with Gasteiger partial charge in [-0.3, -0.25) is 4.79 Å². The number of nitrogens with zero attached hydrogens (tertiary/aromatic N) is 1. The van der Waals surface area contributed by atoms with Gasteiger partial charge in [0.1, 0.15) is 11.5 Å². The van der Waals surface area contributed by atoms with Gasteiger partial charge in [-0.15, -0.1) is 0 Å². The van der Waals surface area contributed by atoms with Gasteiger partial charge in [-0.2, -0.15) is 0 Å². The highest BCUT2D eigenvalue weighted by Crippen LogP contribution is 2.17. The highest BCUT2D eigenvalue weighted by atomic mass is 32.2. The molecule has 0 saturated carbocycles. The molecule has 23 heavy (non-hydrogen) atoms. The summed E-state index contributed by atoms with van der Waals surface area (Å²) in [7, 11) is -2.14. The van der Waals surface area contributed by atoms with E-state index >= 15 is 0 Å². The molecule has 2 aromatic rings. The number of methoxy groups -OCH3 is 1. The van der Waals surface area contributed by atoms with Gasteiger partial charge < -0.3 is 10.1 Å². The van der Waals surface area contributed by atoms with Crippen molar-refractivity contribution in [3.05, 3.63) is 54.2 Å². The Hall–Kier alpha value is -2.41. The number of para-hydroxylation sites is 1. The number of hydrogen-bond acceptors (Lipinski definition) is 5. The fraction of sp³-hybridized carbons (Fsp3) is 0.250. The van der Waals surface area contributed by atoms with Gasteiger partial charge in [-0.1, -0.05) is 24.3 Å². The van der Waals surface area contributed by atoms with Crippen LogP contribution in [0.1, 0.15) is 5.56 Å². The van der Waals surface area contributed by atoms with Gasteiger partial charge in [-0.05, 0) is 30.2 Å². The van der Waals surface area contributed by atoms with Crippen molar-refractivity contribution < 1.29 is 17.9 Å². The van der Waals surface area contributed by atoms with Gasteiger partial charge in [-0.25, -0.2) is 13.4 Å². The van der Waals surface area contributed by atoms with Crippen LogP contribution in [-0.2, 0) is 21.1 Å². The van der Waals surface area contributed by atoms with E-state index in [1.165, 1.54) is 12.3 Å². The maximum absolute atomic E-state index is 12.0.